The fraction of sp³-hybridized carbons (Fsp3) is 0.250. The minimum atomic E-state index is -0.396. The van der Waals surface area contributed by atoms with Gasteiger partial charge in [-0.15, -0.1) is 0 Å². The van der Waals surface area contributed by atoms with Gasteiger partial charge in [0.2, 0.25) is 11.2 Å². The van der Waals surface area contributed by atoms with Gasteiger partial charge in [0.05, 0.1) is 19.3 Å². The summed E-state index contributed by atoms with van der Waals surface area (Å²) in [6.07, 6.45) is 3.15. The minimum absolute atomic E-state index is 0.0234. The summed E-state index contributed by atoms with van der Waals surface area (Å²) in [5, 5.41) is 20.0. The lowest BCUT2D eigenvalue weighted by Crippen LogP contribution is -2.07. The Morgan fingerprint density at radius 1 is 1.15 bits per heavy atom. The second-order valence-electron chi connectivity index (χ2n) is 5.86. The van der Waals surface area contributed by atoms with E-state index in [1.807, 2.05) is 6.92 Å². The number of fused-ring (bicyclic) bond motifs is 1. The van der Waals surface area contributed by atoms with Gasteiger partial charge < -0.3 is 24.1 Å². The number of hydrogen-bond donors (Lipinski definition) is 2. The highest BCUT2D eigenvalue weighted by atomic mass is 16.5. The van der Waals surface area contributed by atoms with E-state index in [1.54, 1.807) is 18.2 Å². The number of phenols is 2. The molecular weight excluding hydrogens is 336 g/mol. The van der Waals surface area contributed by atoms with Gasteiger partial charge in [0.1, 0.15) is 23.0 Å². The van der Waals surface area contributed by atoms with Crippen molar-refractivity contribution in [3.8, 4) is 34.1 Å². The zero-order valence-electron chi connectivity index (χ0n) is 14.6. The SMILES string of the molecule is CCCCOc1cc2occ(-c3ccc(O)cc3)c(=O)c2c(O)c1OC. The van der Waals surface area contributed by atoms with Crippen LogP contribution < -0.4 is 14.9 Å². The number of unbranched alkanes of at least 4 members (excludes halogenated alkanes) is 1. The van der Waals surface area contributed by atoms with Gasteiger partial charge >= 0.3 is 0 Å². The van der Waals surface area contributed by atoms with E-state index in [-0.39, 0.29) is 33.8 Å². The minimum Gasteiger partial charge on any atom is -0.508 e. The van der Waals surface area contributed by atoms with Gasteiger partial charge in [-0.3, -0.25) is 4.79 Å². The first-order valence-corrected chi connectivity index (χ1v) is 8.34. The molecule has 1 heterocycles. The van der Waals surface area contributed by atoms with Crippen molar-refractivity contribution in [2.24, 2.45) is 0 Å². The molecule has 0 radical (unpaired) electrons. The molecule has 0 unspecified atom stereocenters. The van der Waals surface area contributed by atoms with Crippen LogP contribution in [0, 0.1) is 0 Å². The number of benzene rings is 2. The molecule has 0 aliphatic heterocycles. The second-order valence-corrected chi connectivity index (χ2v) is 5.86. The van der Waals surface area contributed by atoms with Gasteiger partial charge in [-0.1, -0.05) is 25.5 Å². The van der Waals surface area contributed by atoms with E-state index in [4.69, 9.17) is 13.9 Å². The first-order chi connectivity index (χ1) is 12.6. The summed E-state index contributed by atoms with van der Waals surface area (Å²) >= 11 is 0. The highest BCUT2D eigenvalue weighted by Crippen LogP contribution is 2.42. The van der Waals surface area contributed by atoms with Gasteiger partial charge in [-0.2, -0.15) is 0 Å². The number of aromatic hydroxyl groups is 2. The molecule has 0 aliphatic rings. The molecule has 0 aliphatic carbocycles. The lowest BCUT2D eigenvalue weighted by atomic mass is 10.0. The van der Waals surface area contributed by atoms with Crippen molar-refractivity contribution in [1.82, 2.24) is 0 Å². The molecule has 0 saturated carbocycles. The van der Waals surface area contributed by atoms with Crippen molar-refractivity contribution in [3.63, 3.8) is 0 Å². The van der Waals surface area contributed by atoms with Crippen LogP contribution in [0.1, 0.15) is 19.8 Å². The topological polar surface area (TPSA) is 89.1 Å². The zero-order valence-corrected chi connectivity index (χ0v) is 14.6. The Morgan fingerprint density at radius 2 is 1.88 bits per heavy atom. The maximum Gasteiger partial charge on any atom is 0.204 e. The zero-order chi connectivity index (χ0) is 18.7. The standard InChI is InChI=1S/C20H20O6/c1-3-4-9-25-16-10-15-17(19(23)20(16)24-2)18(22)14(11-26-15)12-5-7-13(21)8-6-12/h5-8,10-11,21,23H,3-4,9H2,1-2H3. The van der Waals surface area contributed by atoms with Crippen molar-refractivity contribution < 1.29 is 24.1 Å². The van der Waals surface area contributed by atoms with E-state index in [1.165, 1.54) is 25.5 Å². The molecule has 3 aromatic rings. The Balaban J connectivity index is 2.16. The molecule has 1 aromatic heterocycles. The Bertz CT molecular complexity index is 972. The molecule has 0 amide bonds. The third-order valence-corrected chi connectivity index (χ3v) is 4.10. The highest BCUT2D eigenvalue weighted by Gasteiger charge is 2.20. The lowest BCUT2D eigenvalue weighted by molar-refractivity contribution is 0.282. The average molecular weight is 356 g/mol. The van der Waals surface area contributed by atoms with Crippen molar-refractivity contribution in [2.45, 2.75) is 19.8 Å². The molecule has 0 spiro atoms. The predicted molar refractivity (Wildman–Crippen MR) is 98.2 cm³/mol. The fourth-order valence-corrected chi connectivity index (χ4v) is 2.70. The summed E-state index contributed by atoms with van der Waals surface area (Å²) in [4.78, 5) is 12.9. The predicted octanol–water partition coefficient (Wildman–Crippen LogP) is 4.06. The normalized spacial score (nSPS) is 10.8. The Kier molecular flexibility index (Phi) is 5.02. The fourth-order valence-electron chi connectivity index (χ4n) is 2.70. The molecular formula is C20H20O6. The van der Waals surface area contributed by atoms with E-state index < -0.39 is 5.43 Å². The van der Waals surface area contributed by atoms with E-state index in [2.05, 4.69) is 0 Å². The van der Waals surface area contributed by atoms with Crippen molar-refractivity contribution in [3.05, 3.63) is 46.8 Å². The van der Waals surface area contributed by atoms with Crippen molar-refractivity contribution in [1.29, 1.82) is 0 Å². The number of phenolic OH excluding ortho intramolecular Hbond substituents is 2. The molecule has 6 heteroatoms. The van der Waals surface area contributed by atoms with Crippen LogP contribution >= 0.6 is 0 Å². The van der Waals surface area contributed by atoms with E-state index >= 15 is 0 Å². The molecule has 0 atom stereocenters. The van der Waals surface area contributed by atoms with E-state index in [9.17, 15) is 15.0 Å². The van der Waals surface area contributed by atoms with Crippen molar-refractivity contribution in [2.75, 3.05) is 13.7 Å². The molecule has 2 aromatic carbocycles. The van der Waals surface area contributed by atoms with Crippen LogP contribution in [-0.2, 0) is 0 Å². The monoisotopic (exact) mass is 356 g/mol. The Labute approximate surface area is 150 Å². The van der Waals surface area contributed by atoms with Crippen LogP contribution in [0.25, 0.3) is 22.1 Å². The second kappa shape index (κ2) is 7.39. The van der Waals surface area contributed by atoms with Gasteiger partial charge in [0.25, 0.3) is 0 Å². The average Bonchev–Trinajstić information content (AvgIpc) is 2.63. The Hall–Kier alpha value is -3.15. The van der Waals surface area contributed by atoms with Gasteiger partial charge in [0, 0.05) is 6.07 Å². The van der Waals surface area contributed by atoms with Crippen LogP contribution in [-0.4, -0.2) is 23.9 Å². The van der Waals surface area contributed by atoms with Crippen molar-refractivity contribution >= 4 is 11.0 Å². The molecule has 0 fully saturated rings. The smallest absolute Gasteiger partial charge is 0.204 e. The van der Waals surface area contributed by atoms with Gasteiger partial charge in [-0.05, 0) is 24.1 Å². The maximum atomic E-state index is 12.9. The summed E-state index contributed by atoms with van der Waals surface area (Å²) in [6.45, 7) is 2.51. The highest BCUT2D eigenvalue weighted by molar-refractivity contribution is 5.91. The van der Waals surface area contributed by atoms with E-state index in [0.717, 1.165) is 12.8 Å². The molecule has 2 N–H and O–H groups in total. The third-order valence-electron chi connectivity index (χ3n) is 4.10. The molecule has 0 saturated heterocycles. The van der Waals surface area contributed by atoms with Crippen LogP contribution in [0.3, 0.4) is 0 Å². The first-order valence-electron chi connectivity index (χ1n) is 8.34. The lowest BCUT2D eigenvalue weighted by Gasteiger charge is -2.13. The van der Waals surface area contributed by atoms with Crippen LogP contribution in [0.2, 0.25) is 0 Å². The summed E-state index contributed by atoms with van der Waals surface area (Å²) in [6, 6.07) is 7.70. The van der Waals surface area contributed by atoms with Crippen LogP contribution in [0.5, 0.6) is 23.0 Å². The maximum absolute atomic E-state index is 12.9. The van der Waals surface area contributed by atoms with Crippen LogP contribution in [0.15, 0.2) is 45.8 Å². The Morgan fingerprint density at radius 3 is 2.54 bits per heavy atom. The largest absolute Gasteiger partial charge is 0.508 e. The van der Waals surface area contributed by atoms with Crippen LogP contribution in [0.4, 0.5) is 0 Å². The summed E-state index contributed by atoms with van der Waals surface area (Å²) in [5.41, 5.74) is 0.657. The quantitative estimate of drug-likeness (QED) is 0.648. The third kappa shape index (κ3) is 3.18. The first kappa shape index (κ1) is 17.7. The molecule has 6 nitrogen and oxygen atoms in total. The summed E-state index contributed by atoms with van der Waals surface area (Å²) in [5.74, 6) is 0.207. The summed E-state index contributed by atoms with van der Waals surface area (Å²) < 4.78 is 16.5. The number of hydrogen-bond acceptors (Lipinski definition) is 6. The molecule has 26 heavy (non-hydrogen) atoms. The van der Waals surface area contributed by atoms with Gasteiger partial charge in [0.15, 0.2) is 11.5 Å². The number of ether oxygens (including phenoxy) is 2. The molecule has 3 rings (SSSR count). The summed E-state index contributed by atoms with van der Waals surface area (Å²) in [7, 11) is 1.40. The molecule has 136 valence electrons. The number of rotatable bonds is 6. The van der Waals surface area contributed by atoms with E-state index in [0.29, 0.717) is 17.9 Å². The number of methoxy groups -OCH3 is 1. The van der Waals surface area contributed by atoms with Gasteiger partial charge in [-0.25, -0.2) is 0 Å². The molecule has 0 bridgehead atoms.